The average molecular weight is 290 g/mol. The Morgan fingerprint density at radius 1 is 1.05 bits per heavy atom. The summed E-state index contributed by atoms with van der Waals surface area (Å²) in [5, 5.41) is 6.95. The Hall–Kier alpha value is -1.32. The number of hydrogen-bond donors (Lipinski definition) is 2. The molecule has 1 fully saturated rings. The van der Waals surface area contributed by atoms with Crippen LogP contribution in [-0.4, -0.2) is 23.1 Å². The minimum absolute atomic E-state index is 0.0453. The Bertz CT molecular complexity index is 498. The lowest BCUT2D eigenvalue weighted by atomic mass is 9.95. The van der Waals surface area contributed by atoms with Crippen molar-refractivity contribution in [2.24, 2.45) is 5.41 Å². The van der Waals surface area contributed by atoms with E-state index in [0.717, 1.165) is 36.1 Å². The molecule has 2 N–H and O–H groups in total. The van der Waals surface area contributed by atoms with Crippen LogP contribution in [0.3, 0.4) is 0 Å². The summed E-state index contributed by atoms with van der Waals surface area (Å²) in [6, 6.07) is 0. The molecule has 1 heterocycles. The highest BCUT2D eigenvalue weighted by Crippen LogP contribution is 2.48. The molecule has 0 spiro atoms. The first-order chi connectivity index (χ1) is 9.81. The van der Waals surface area contributed by atoms with E-state index in [1.807, 2.05) is 0 Å². The minimum Gasteiger partial charge on any atom is -0.370 e. The van der Waals surface area contributed by atoms with Gasteiger partial charge < -0.3 is 10.6 Å². The van der Waals surface area contributed by atoms with Crippen LogP contribution in [0.25, 0.3) is 0 Å². The van der Waals surface area contributed by atoms with E-state index in [4.69, 9.17) is 9.97 Å². The van der Waals surface area contributed by atoms with Crippen LogP contribution in [0.4, 0.5) is 11.6 Å². The maximum atomic E-state index is 4.79. The maximum absolute atomic E-state index is 4.79. The second-order valence-corrected chi connectivity index (χ2v) is 7.36. The summed E-state index contributed by atoms with van der Waals surface area (Å²) in [4.78, 5) is 9.50. The van der Waals surface area contributed by atoms with Crippen molar-refractivity contribution < 1.29 is 0 Å². The SMILES string of the molecule is CCNc1nc(C(C)(C)C)nc(NCC2(CC)CC2)c1C. The zero-order valence-electron chi connectivity index (χ0n) is 14.4. The molecule has 0 aromatic carbocycles. The van der Waals surface area contributed by atoms with Gasteiger partial charge in [0.25, 0.3) is 0 Å². The summed E-state index contributed by atoms with van der Waals surface area (Å²) >= 11 is 0. The highest BCUT2D eigenvalue weighted by molar-refractivity contribution is 5.57. The molecular formula is C17H30N4. The Kier molecular flexibility index (Phi) is 4.45. The highest BCUT2D eigenvalue weighted by Gasteiger charge is 2.40. The minimum atomic E-state index is -0.0453. The molecule has 0 aliphatic heterocycles. The van der Waals surface area contributed by atoms with Crippen molar-refractivity contribution in [1.29, 1.82) is 0 Å². The highest BCUT2D eigenvalue weighted by atomic mass is 15.1. The molecule has 4 heteroatoms. The molecule has 1 aromatic heterocycles. The number of rotatable bonds is 6. The second-order valence-electron chi connectivity index (χ2n) is 7.36. The van der Waals surface area contributed by atoms with Crippen LogP contribution in [0.5, 0.6) is 0 Å². The predicted molar refractivity (Wildman–Crippen MR) is 90.1 cm³/mol. The normalized spacial score (nSPS) is 16.7. The van der Waals surface area contributed by atoms with Crippen LogP contribution in [0.15, 0.2) is 0 Å². The van der Waals surface area contributed by atoms with E-state index in [2.05, 4.69) is 52.2 Å². The molecule has 1 aliphatic rings. The molecular weight excluding hydrogens is 260 g/mol. The second kappa shape index (κ2) is 5.82. The number of aromatic nitrogens is 2. The predicted octanol–water partition coefficient (Wildman–Crippen LogP) is 4.12. The van der Waals surface area contributed by atoms with E-state index in [9.17, 15) is 0 Å². The van der Waals surface area contributed by atoms with Crippen molar-refractivity contribution >= 4 is 11.6 Å². The third kappa shape index (κ3) is 3.66. The van der Waals surface area contributed by atoms with Crippen molar-refractivity contribution in [3.63, 3.8) is 0 Å². The lowest BCUT2D eigenvalue weighted by Crippen LogP contribution is -2.22. The molecule has 0 bridgehead atoms. The first kappa shape index (κ1) is 16.1. The standard InChI is InChI=1S/C17H30N4/c1-7-17(9-10-17)11-19-14-12(3)13(18-8-2)20-15(21-14)16(4,5)6/h7-11H2,1-6H3,(H2,18,19,20,21). The summed E-state index contributed by atoms with van der Waals surface area (Å²) in [7, 11) is 0. The maximum Gasteiger partial charge on any atom is 0.138 e. The van der Waals surface area contributed by atoms with Crippen LogP contribution in [-0.2, 0) is 5.41 Å². The van der Waals surface area contributed by atoms with Gasteiger partial charge in [0.15, 0.2) is 0 Å². The third-order valence-electron chi connectivity index (χ3n) is 4.50. The van der Waals surface area contributed by atoms with Gasteiger partial charge in [-0.2, -0.15) is 0 Å². The first-order valence-corrected chi connectivity index (χ1v) is 8.18. The fourth-order valence-electron chi connectivity index (χ4n) is 2.47. The lowest BCUT2D eigenvalue weighted by molar-refractivity contribution is 0.518. The molecule has 1 aromatic rings. The number of nitrogens with zero attached hydrogens (tertiary/aromatic N) is 2. The van der Waals surface area contributed by atoms with Gasteiger partial charge >= 0.3 is 0 Å². The van der Waals surface area contributed by atoms with Gasteiger partial charge in [-0.1, -0.05) is 27.7 Å². The molecule has 4 nitrogen and oxygen atoms in total. The van der Waals surface area contributed by atoms with Crippen LogP contribution in [0, 0.1) is 12.3 Å². The van der Waals surface area contributed by atoms with Crippen LogP contribution >= 0.6 is 0 Å². The molecule has 118 valence electrons. The summed E-state index contributed by atoms with van der Waals surface area (Å²) in [6.07, 6.45) is 3.93. The van der Waals surface area contributed by atoms with Gasteiger partial charge in [-0.3, -0.25) is 0 Å². The van der Waals surface area contributed by atoms with Gasteiger partial charge in [0.1, 0.15) is 17.5 Å². The summed E-state index contributed by atoms with van der Waals surface area (Å²) < 4.78 is 0. The molecule has 2 rings (SSSR count). The number of anilines is 2. The molecule has 0 unspecified atom stereocenters. The van der Waals surface area contributed by atoms with Crippen molar-refractivity contribution in [3.8, 4) is 0 Å². The number of hydrogen-bond acceptors (Lipinski definition) is 4. The first-order valence-electron chi connectivity index (χ1n) is 8.18. The quantitative estimate of drug-likeness (QED) is 0.827. The molecule has 0 saturated heterocycles. The summed E-state index contributed by atoms with van der Waals surface area (Å²) in [5.41, 5.74) is 1.59. The Morgan fingerprint density at radius 2 is 1.62 bits per heavy atom. The molecule has 1 aliphatic carbocycles. The molecule has 0 amide bonds. The van der Waals surface area contributed by atoms with Crippen molar-refractivity contribution in [3.05, 3.63) is 11.4 Å². The van der Waals surface area contributed by atoms with E-state index >= 15 is 0 Å². The van der Waals surface area contributed by atoms with E-state index in [-0.39, 0.29) is 5.41 Å². The van der Waals surface area contributed by atoms with Gasteiger partial charge in [0.05, 0.1) is 0 Å². The van der Waals surface area contributed by atoms with Gasteiger partial charge in [0.2, 0.25) is 0 Å². The Labute approximate surface area is 129 Å². The van der Waals surface area contributed by atoms with Gasteiger partial charge in [-0.25, -0.2) is 9.97 Å². The molecule has 0 atom stereocenters. The van der Waals surface area contributed by atoms with Crippen LogP contribution in [0.1, 0.15) is 65.3 Å². The number of nitrogens with one attached hydrogen (secondary N) is 2. The van der Waals surface area contributed by atoms with E-state index in [0.29, 0.717) is 5.41 Å². The largest absolute Gasteiger partial charge is 0.370 e. The fourth-order valence-corrected chi connectivity index (χ4v) is 2.47. The summed E-state index contributed by atoms with van der Waals surface area (Å²) in [6.45, 7) is 14.9. The topological polar surface area (TPSA) is 49.8 Å². The van der Waals surface area contributed by atoms with Gasteiger partial charge in [-0.15, -0.1) is 0 Å². The molecule has 1 saturated carbocycles. The smallest absolute Gasteiger partial charge is 0.138 e. The molecule has 21 heavy (non-hydrogen) atoms. The lowest BCUT2D eigenvalue weighted by Gasteiger charge is -2.22. The Morgan fingerprint density at radius 3 is 2.05 bits per heavy atom. The van der Waals surface area contributed by atoms with Gasteiger partial charge in [0, 0.05) is 24.1 Å². The fraction of sp³-hybridized carbons (Fsp3) is 0.765. The molecule has 0 radical (unpaired) electrons. The summed E-state index contributed by atoms with van der Waals surface area (Å²) in [5.74, 6) is 2.85. The van der Waals surface area contributed by atoms with Crippen molar-refractivity contribution in [2.75, 3.05) is 23.7 Å². The van der Waals surface area contributed by atoms with Gasteiger partial charge in [-0.05, 0) is 38.5 Å². The zero-order chi connectivity index (χ0) is 15.7. The third-order valence-corrected chi connectivity index (χ3v) is 4.50. The van der Waals surface area contributed by atoms with Crippen LogP contribution in [0.2, 0.25) is 0 Å². The van der Waals surface area contributed by atoms with E-state index in [1.165, 1.54) is 19.3 Å². The van der Waals surface area contributed by atoms with Crippen LogP contribution < -0.4 is 10.6 Å². The van der Waals surface area contributed by atoms with E-state index < -0.39 is 0 Å². The average Bonchev–Trinajstić information content (AvgIpc) is 3.19. The van der Waals surface area contributed by atoms with E-state index in [1.54, 1.807) is 0 Å². The zero-order valence-corrected chi connectivity index (χ0v) is 14.4. The van der Waals surface area contributed by atoms with Crippen molar-refractivity contribution in [1.82, 2.24) is 9.97 Å². The van der Waals surface area contributed by atoms with Crippen molar-refractivity contribution in [2.45, 2.75) is 66.2 Å². The Balaban J connectivity index is 2.27. The monoisotopic (exact) mass is 290 g/mol.